The highest BCUT2D eigenvalue weighted by Crippen LogP contribution is 2.38. The van der Waals surface area contributed by atoms with Crippen molar-refractivity contribution in [1.82, 2.24) is 0 Å². The van der Waals surface area contributed by atoms with E-state index in [0.29, 0.717) is 6.10 Å². The fourth-order valence-electron chi connectivity index (χ4n) is 5.09. The average molecular weight is 401 g/mol. The van der Waals surface area contributed by atoms with Gasteiger partial charge >= 0.3 is 0 Å². The second-order valence-electron chi connectivity index (χ2n) is 10.2. The molecule has 0 aromatic heterocycles. The van der Waals surface area contributed by atoms with Crippen LogP contribution in [-0.4, -0.2) is 6.10 Å². The molecule has 29 heavy (non-hydrogen) atoms. The first-order valence-electron chi connectivity index (χ1n) is 12.6. The minimum absolute atomic E-state index is 0.425. The van der Waals surface area contributed by atoms with Crippen LogP contribution in [0.1, 0.15) is 119 Å². The van der Waals surface area contributed by atoms with Crippen LogP contribution < -0.4 is 4.74 Å². The van der Waals surface area contributed by atoms with E-state index in [1.54, 1.807) is 0 Å². The Labute approximate surface area is 182 Å². The lowest BCUT2D eigenvalue weighted by molar-refractivity contribution is 0.156. The van der Waals surface area contributed by atoms with Gasteiger partial charge in [0, 0.05) is 0 Å². The van der Waals surface area contributed by atoms with Crippen molar-refractivity contribution in [2.75, 3.05) is 0 Å². The van der Waals surface area contributed by atoms with Gasteiger partial charge in [-0.3, -0.25) is 0 Å². The number of rotatable bonds is 12. The monoisotopic (exact) mass is 400 g/mol. The molecule has 3 atom stereocenters. The molecule has 1 aliphatic rings. The van der Waals surface area contributed by atoms with E-state index in [9.17, 15) is 0 Å². The Hall–Kier alpha value is -0.980. The zero-order valence-corrected chi connectivity index (χ0v) is 20.6. The van der Waals surface area contributed by atoms with Gasteiger partial charge in [-0.05, 0) is 93.0 Å². The van der Waals surface area contributed by atoms with Crippen LogP contribution in [-0.2, 0) is 6.42 Å². The number of hydrogen-bond donors (Lipinski definition) is 0. The lowest BCUT2D eigenvalue weighted by Crippen LogP contribution is -2.24. The van der Waals surface area contributed by atoms with Crippen molar-refractivity contribution >= 4 is 0 Å². The number of fused-ring (bicyclic) bond motifs is 1. The molecule has 1 aliphatic heterocycles. The molecule has 0 amide bonds. The molecule has 0 spiro atoms. The molecule has 0 fully saturated rings. The fourth-order valence-corrected chi connectivity index (χ4v) is 5.09. The second-order valence-corrected chi connectivity index (χ2v) is 10.2. The van der Waals surface area contributed by atoms with Crippen molar-refractivity contribution < 1.29 is 4.74 Å². The maximum Gasteiger partial charge on any atom is 0.126 e. The average Bonchev–Trinajstić information content (AvgIpc) is 2.70. The molecule has 0 bridgehead atoms. The van der Waals surface area contributed by atoms with Crippen LogP contribution in [0.25, 0.3) is 0 Å². The highest BCUT2D eigenvalue weighted by molar-refractivity contribution is 5.54. The number of benzene rings is 1. The maximum absolute atomic E-state index is 6.52. The summed E-state index contributed by atoms with van der Waals surface area (Å²) < 4.78 is 6.52. The van der Waals surface area contributed by atoms with Gasteiger partial charge in [-0.2, -0.15) is 0 Å². The third kappa shape index (κ3) is 7.04. The molecule has 1 aromatic rings. The van der Waals surface area contributed by atoms with Gasteiger partial charge in [-0.1, -0.05) is 72.1 Å². The van der Waals surface area contributed by atoms with Crippen molar-refractivity contribution in [3.8, 4) is 5.75 Å². The van der Waals surface area contributed by atoms with Crippen molar-refractivity contribution in [2.45, 2.75) is 132 Å². The first-order chi connectivity index (χ1) is 13.8. The van der Waals surface area contributed by atoms with E-state index in [1.165, 1.54) is 111 Å². The standard InChI is InChI=1S/C28H48O/c1-8-9-10-13-20(2)14-11-15-21(3)16-12-17-26-18-19-27-24(6)22(4)23(5)25(7)28(27)29-26/h20-21,26H,8-19H2,1-7H3/t20-,21-,26-/m1/s1. The Bertz CT molecular complexity index is 630. The predicted octanol–water partition coefficient (Wildman–Crippen LogP) is 8.81. The van der Waals surface area contributed by atoms with Gasteiger partial charge < -0.3 is 4.74 Å². The second kappa shape index (κ2) is 12.0. The molecule has 0 aliphatic carbocycles. The van der Waals surface area contributed by atoms with Crippen molar-refractivity contribution in [3.05, 3.63) is 27.8 Å². The van der Waals surface area contributed by atoms with Crippen molar-refractivity contribution in [2.24, 2.45) is 11.8 Å². The van der Waals surface area contributed by atoms with E-state index in [0.717, 1.165) is 11.8 Å². The summed E-state index contributed by atoms with van der Waals surface area (Å²) in [6.45, 7) is 16.2. The smallest absolute Gasteiger partial charge is 0.126 e. The molecule has 1 aromatic carbocycles. The molecule has 1 heteroatoms. The lowest BCUT2D eigenvalue weighted by Gasteiger charge is -2.31. The minimum atomic E-state index is 0.425. The molecule has 2 rings (SSSR count). The Morgan fingerprint density at radius 2 is 1.34 bits per heavy atom. The van der Waals surface area contributed by atoms with Crippen LogP contribution in [0.2, 0.25) is 0 Å². The highest BCUT2D eigenvalue weighted by Gasteiger charge is 2.25. The fraction of sp³-hybridized carbons (Fsp3) is 0.786. The number of hydrogen-bond acceptors (Lipinski definition) is 1. The molecular formula is C28H48O. The third-order valence-corrected chi connectivity index (χ3v) is 7.67. The Morgan fingerprint density at radius 3 is 2.00 bits per heavy atom. The highest BCUT2D eigenvalue weighted by atomic mass is 16.5. The van der Waals surface area contributed by atoms with Gasteiger partial charge in [0.2, 0.25) is 0 Å². The van der Waals surface area contributed by atoms with E-state index < -0.39 is 0 Å². The molecule has 0 N–H and O–H groups in total. The molecule has 1 heterocycles. The van der Waals surface area contributed by atoms with Crippen LogP contribution in [0.3, 0.4) is 0 Å². The van der Waals surface area contributed by atoms with Gasteiger partial charge in [0.25, 0.3) is 0 Å². The summed E-state index contributed by atoms with van der Waals surface area (Å²) >= 11 is 0. The molecule has 0 saturated heterocycles. The molecule has 0 unspecified atom stereocenters. The summed E-state index contributed by atoms with van der Waals surface area (Å²) in [6.07, 6.45) is 16.6. The summed E-state index contributed by atoms with van der Waals surface area (Å²) in [5, 5.41) is 0. The van der Waals surface area contributed by atoms with Gasteiger partial charge in [0.05, 0.1) is 6.10 Å². The van der Waals surface area contributed by atoms with Crippen LogP contribution in [0.15, 0.2) is 0 Å². The summed E-state index contributed by atoms with van der Waals surface area (Å²) in [4.78, 5) is 0. The molecule has 1 nitrogen and oxygen atoms in total. The first-order valence-corrected chi connectivity index (χ1v) is 12.6. The third-order valence-electron chi connectivity index (χ3n) is 7.67. The molecule has 166 valence electrons. The first kappa shape index (κ1) is 24.3. The predicted molar refractivity (Wildman–Crippen MR) is 128 cm³/mol. The van der Waals surface area contributed by atoms with Crippen LogP contribution in [0, 0.1) is 39.5 Å². The molecule has 0 saturated carbocycles. The minimum Gasteiger partial charge on any atom is -0.490 e. The van der Waals surface area contributed by atoms with E-state index in [1.807, 2.05) is 0 Å². The summed E-state index contributed by atoms with van der Waals surface area (Å²) in [7, 11) is 0. The zero-order valence-electron chi connectivity index (χ0n) is 20.6. The normalized spacial score (nSPS) is 18.2. The molecular weight excluding hydrogens is 352 g/mol. The zero-order chi connectivity index (χ0) is 21.4. The van der Waals surface area contributed by atoms with Crippen LogP contribution >= 0.6 is 0 Å². The van der Waals surface area contributed by atoms with E-state index in [2.05, 4.69) is 48.5 Å². The Kier molecular flexibility index (Phi) is 10.1. The van der Waals surface area contributed by atoms with Gasteiger partial charge in [0.1, 0.15) is 5.75 Å². The topological polar surface area (TPSA) is 9.23 Å². The lowest BCUT2D eigenvalue weighted by atomic mass is 9.87. The van der Waals surface area contributed by atoms with E-state index in [-0.39, 0.29) is 0 Å². The van der Waals surface area contributed by atoms with E-state index >= 15 is 0 Å². The number of unbranched alkanes of at least 4 members (excludes halogenated alkanes) is 2. The van der Waals surface area contributed by atoms with Crippen molar-refractivity contribution in [3.63, 3.8) is 0 Å². The van der Waals surface area contributed by atoms with Crippen molar-refractivity contribution in [1.29, 1.82) is 0 Å². The SMILES string of the molecule is CCCCC[C@@H](C)CCC[C@@H](C)CCC[C@@H]1CCc2c(C)c(C)c(C)c(C)c2O1. The number of ether oxygens (including phenoxy) is 1. The molecule has 0 radical (unpaired) electrons. The quantitative estimate of drug-likeness (QED) is 0.318. The van der Waals surface area contributed by atoms with Gasteiger partial charge in [-0.15, -0.1) is 0 Å². The van der Waals surface area contributed by atoms with Gasteiger partial charge in [-0.25, -0.2) is 0 Å². The van der Waals surface area contributed by atoms with E-state index in [4.69, 9.17) is 4.74 Å². The summed E-state index contributed by atoms with van der Waals surface area (Å²) in [6, 6.07) is 0. The van der Waals surface area contributed by atoms with Gasteiger partial charge in [0.15, 0.2) is 0 Å². The summed E-state index contributed by atoms with van der Waals surface area (Å²) in [5.74, 6) is 3.00. The Morgan fingerprint density at radius 1 is 0.759 bits per heavy atom. The maximum atomic E-state index is 6.52. The van der Waals surface area contributed by atoms with Crippen LogP contribution in [0.5, 0.6) is 5.75 Å². The summed E-state index contributed by atoms with van der Waals surface area (Å²) in [5.41, 5.74) is 7.17. The largest absolute Gasteiger partial charge is 0.490 e. The Balaban J connectivity index is 1.69. The van der Waals surface area contributed by atoms with Crippen LogP contribution in [0.4, 0.5) is 0 Å².